The number of carbonyl (C=O) groups is 1. The first kappa shape index (κ1) is 22.0. The summed E-state index contributed by atoms with van der Waals surface area (Å²) < 4.78 is 18.2. The molecule has 1 amide bonds. The van der Waals surface area contributed by atoms with E-state index >= 15 is 0 Å². The van der Waals surface area contributed by atoms with Crippen LogP contribution in [0.2, 0.25) is 0 Å². The molecule has 0 bridgehead atoms. The smallest absolute Gasteiger partial charge is 0.232 e. The van der Waals surface area contributed by atoms with Crippen molar-refractivity contribution in [3.8, 4) is 11.5 Å². The Kier molecular flexibility index (Phi) is 7.57. The number of aryl methyl sites for hydroxylation is 3. The SMILES string of the molecule is Cc1ccc(-c2nc(C[S@](=O)CC(=O)N[C@@H](C)CCc3ccccc3)c(C)o2)cc1. The van der Waals surface area contributed by atoms with E-state index < -0.39 is 10.8 Å². The van der Waals surface area contributed by atoms with E-state index in [0.29, 0.717) is 17.3 Å². The molecule has 1 N–H and O–H groups in total. The van der Waals surface area contributed by atoms with Crippen LogP contribution in [-0.4, -0.2) is 26.9 Å². The molecule has 3 aromatic rings. The van der Waals surface area contributed by atoms with Gasteiger partial charge in [-0.15, -0.1) is 0 Å². The van der Waals surface area contributed by atoms with E-state index in [1.54, 1.807) is 0 Å². The van der Waals surface area contributed by atoms with E-state index in [4.69, 9.17) is 4.42 Å². The third-order valence-electron chi connectivity index (χ3n) is 4.90. The maximum absolute atomic E-state index is 12.5. The average Bonchev–Trinajstić information content (AvgIpc) is 3.07. The summed E-state index contributed by atoms with van der Waals surface area (Å²) in [5, 5.41) is 2.94. The summed E-state index contributed by atoms with van der Waals surface area (Å²) in [5.41, 5.74) is 3.92. The lowest BCUT2D eigenvalue weighted by Gasteiger charge is -2.13. The van der Waals surface area contributed by atoms with E-state index in [2.05, 4.69) is 22.4 Å². The second-order valence-corrected chi connectivity index (χ2v) is 9.07. The predicted octanol–water partition coefficient (Wildman–Crippen LogP) is 4.34. The van der Waals surface area contributed by atoms with Gasteiger partial charge in [0.2, 0.25) is 11.8 Å². The lowest BCUT2D eigenvalue weighted by Crippen LogP contribution is -2.36. The molecule has 2 atom stereocenters. The van der Waals surface area contributed by atoms with Crippen molar-refractivity contribution in [3.63, 3.8) is 0 Å². The van der Waals surface area contributed by atoms with Gasteiger partial charge in [-0.3, -0.25) is 9.00 Å². The molecule has 1 heterocycles. The molecule has 5 nitrogen and oxygen atoms in total. The minimum absolute atomic E-state index is 0.0247. The van der Waals surface area contributed by atoms with Crippen molar-refractivity contribution in [2.75, 3.05) is 5.75 Å². The summed E-state index contributed by atoms with van der Waals surface area (Å²) in [5.74, 6) is 1.11. The Hall–Kier alpha value is -2.73. The minimum Gasteiger partial charge on any atom is -0.441 e. The van der Waals surface area contributed by atoms with E-state index in [-0.39, 0.29) is 23.5 Å². The first-order chi connectivity index (χ1) is 14.4. The minimum atomic E-state index is -1.35. The summed E-state index contributed by atoms with van der Waals surface area (Å²) in [6.45, 7) is 5.80. The second-order valence-electron chi connectivity index (χ2n) is 7.61. The van der Waals surface area contributed by atoms with Crippen molar-refractivity contribution in [2.24, 2.45) is 0 Å². The van der Waals surface area contributed by atoms with E-state index in [1.165, 1.54) is 5.56 Å². The van der Waals surface area contributed by atoms with E-state index in [0.717, 1.165) is 24.0 Å². The zero-order valence-corrected chi connectivity index (χ0v) is 18.5. The third kappa shape index (κ3) is 6.39. The predicted molar refractivity (Wildman–Crippen MR) is 120 cm³/mol. The Bertz CT molecular complexity index is 997. The standard InChI is InChI=1S/C24H28N2O3S/c1-17-9-13-21(14-10-17)24-26-22(19(3)29-24)15-30(28)16-23(27)25-18(2)11-12-20-7-5-4-6-8-20/h4-10,13-14,18H,11-12,15-16H2,1-3H3,(H,25,27)/t18-,30-/m0/s1. The van der Waals surface area contributed by atoms with Crippen molar-refractivity contribution >= 4 is 16.7 Å². The first-order valence-corrected chi connectivity index (χ1v) is 11.6. The molecule has 158 valence electrons. The number of carbonyl (C=O) groups excluding carboxylic acids is 1. The molecule has 2 aromatic carbocycles. The topological polar surface area (TPSA) is 72.2 Å². The molecular formula is C24H28N2O3S. The highest BCUT2D eigenvalue weighted by atomic mass is 32.2. The number of hydrogen-bond acceptors (Lipinski definition) is 4. The molecule has 0 aliphatic rings. The zero-order chi connectivity index (χ0) is 21.5. The molecule has 0 saturated heterocycles. The summed E-state index contributed by atoms with van der Waals surface area (Å²) in [4.78, 5) is 16.8. The van der Waals surface area contributed by atoms with Gasteiger partial charge in [0.1, 0.15) is 11.5 Å². The van der Waals surface area contributed by atoms with Gasteiger partial charge in [0.05, 0.1) is 11.4 Å². The quantitative estimate of drug-likeness (QED) is 0.554. The number of nitrogens with zero attached hydrogens (tertiary/aromatic N) is 1. The van der Waals surface area contributed by atoms with Gasteiger partial charge in [0.25, 0.3) is 0 Å². The summed E-state index contributed by atoms with van der Waals surface area (Å²) in [7, 11) is -1.35. The van der Waals surface area contributed by atoms with Gasteiger partial charge in [0.15, 0.2) is 0 Å². The fourth-order valence-corrected chi connectivity index (χ4v) is 4.20. The number of oxazole rings is 1. The molecule has 0 saturated carbocycles. The monoisotopic (exact) mass is 424 g/mol. The van der Waals surface area contributed by atoms with Crippen LogP contribution in [0.1, 0.15) is 35.9 Å². The number of amides is 1. The highest BCUT2D eigenvalue weighted by Gasteiger charge is 2.17. The molecule has 0 fully saturated rings. The summed E-state index contributed by atoms with van der Waals surface area (Å²) in [6.07, 6.45) is 1.73. The van der Waals surface area contributed by atoms with Crippen LogP contribution in [0.3, 0.4) is 0 Å². The van der Waals surface area contributed by atoms with Crippen molar-refractivity contribution in [3.05, 3.63) is 77.2 Å². The lowest BCUT2D eigenvalue weighted by atomic mass is 10.1. The molecular weight excluding hydrogens is 396 g/mol. The van der Waals surface area contributed by atoms with Crippen molar-refractivity contribution in [1.29, 1.82) is 0 Å². The van der Waals surface area contributed by atoms with Crippen molar-refractivity contribution in [2.45, 2.75) is 45.4 Å². The molecule has 0 aliphatic carbocycles. The molecule has 1 aromatic heterocycles. The lowest BCUT2D eigenvalue weighted by molar-refractivity contribution is -0.119. The van der Waals surface area contributed by atoms with Crippen LogP contribution in [0, 0.1) is 13.8 Å². The summed E-state index contributed by atoms with van der Waals surface area (Å²) >= 11 is 0. The van der Waals surface area contributed by atoms with Crippen LogP contribution in [0.4, 0.5) is 0 Å². The Morgan fingerprint density at radius 2 is 1.80 bits per heavy atom. The number of rotatable bonds is 9. The zero-order valence-electron chi connectivity index (χ0n) is 17.7. The molecule has 0 spiro atoms. The van der Waals surface area contributed by atoms with Gasteiger partial charge >= 0.3 is 0 Å². The van der Waals surface area contributed by atoms with E-state index in [1.807, 2.05) is 63.2 Å². The molecule has 0 radical (unpaired) electrons. The van der Waals surface area contributed by atoms with Crippen molar-refractivity contribution in [1.82, 2.24) is 10.3 Å². The first-order valence-electron chi connectivity index (χ1n) is 10.1. The average molecular weight is 425 g/mol. The van der Waals surface area contributed by atoms with Crippen LogP contribution >= 0.6 is 0 Å². The van der Waals surface area contributed by atoms with Gasteiger partial charge < -0.3 is 9.73 Å². The van der Waals surface area contributed by atoms with Gasteiger partial charge in [-0.2, -0.15) is 0 Å². The molecule has 0 aliphatic heterocycles. The van der Waals surface area contributed by atoms with Gasteiger partial charge in [-0.25, -0.2) is 4.98 Å². The Morgan fingerprint density at radius 1 is 1.10 bits per heavy atom. The highest BCUT2D eigenvalue weighted by Crippen LogP contribution is 2.22. The molecule has 0 unspecified atom stereocenters. The molecule has 6 heteroatoms. The maximum Gasteiger partial charge on any atom is 0.232 e. The third-order valence-corrected chi connectivity index (χ3v) is 6.08. The van der Waals surface area contributed by atoms with Gasteiger partial charge in [-0.05, 0) is 51.3 Å². The van der Waals surface area contributed by atoms with Crippen LogP contribution in [0.15, 0.2) is 59.0 Å². The largest absolute Gasteiger partial charge is 0.441 e. The number of benzene rings is 2. The fraction of sp³-hybridized carbons (Fsp3) is 0.333. The van der Waals surface area contributed by atoms with Gasteiger partial charge in [0, 0.05) is 22.4 Å². The van der Waals surface area contributed by atoms with E-state index in [9.17, 15) is 9.00 Å². The van der Waals surface area contributed by atoms with Crippen LogP contribution < -0.4 is 5.32 Å². The second kappa shape index (κ2) is 10.3. The van der Waals surface area contributed by atoms with Crippen molar-refractivity contribution < 1.29 is 13.4 Å². The Balaban J connectivity index is 1.49. The molecule has 30 heavy (non-hydrogen) atoms. The van der Waals surface area contributed by atoms with Gasteiger partial charge in [-0.1, -0.05) is 48.0 Å². The highest BCUT2D eigenvalue weighted by molar-refractivity contribution is 7.84. The fourth-order valence-electron chi connectivity index (χ4n) is 3.15. The Morgan fingerprint density at radius 3 is 2.50 bits per heavy atom. The normalized spacial score (nSPS) is 13.0. The van der Waals surface area contributed by atoms with Crippen LogP contribution in [-0.2, 0) is 27.8 Å². The number of hydrogen-bond donors (Lipinski definition) is 1. The Labute approximate surface area is 180 Å². The molecule has 3 rings (SSSR count). The maximum atomic E-state index is 12.5. The number of nitrogens with one attached hydrogen (secondary N) is 1. The van der Waals surface area contributed by atoms with Crippen LogP contribution in [0.25, 0.3) is 11.5 Å². The summed E-state index contributed by atoms with van der Waals surface area (Å²) in [6, 6.07) is 18.1. The van der Waals surface area contributed by atoms with Crippen LogP contribution in [0.5, 0.6) is 0 Å². The number of aromatic nitrogens is 1.